The van der Waals surface area contributed by atoms with Gasteiger partial charge in [0.25, 0.3) is 0 Å². The zero-order chi connectivity index (χ0) is 15.8. The Morgan fingerprint density at radius 2 is 2.18 bits per heavy atom. The van der Waals surface area contributed by atoms with Crippen LogP contribution in [0.2, 0.25) is 0 Å². The summed E-state index contributed by atoms with van der Waals surface area (Å²) in [7, 11) is 0. The van der Waals surface area contributed by atoms with Crippen LogP contribution < -0.4 is 0 Å². The van der Waals surface area contributed by atoms with Crippen molar-refractivity contribution in [2.24, 2.45) is 5.92 Å². The van der Waals surface area contributed by atoms with E-state index in [9.17, 15) is 0 Å². The number of fused-ring (bicyclic) bond motifs is 1. The second kappa shape index (κ2) is 6.43. The van der Waals surface area contributed by atoms with Gasteiger partial charge >= 0.3 is 0 Å². The van der Waals surface area contributed by atoms with Crippen LogP contribution >= 0.6 is 16.8 Å². The first kappa shape index (κ1) is 16.8. The largest absolute Gasteiger partial charge is 0.334 e. The Hall–Kier alpha value is -0.0800. The summed E-state index contributed by atoms with van der Waals surface area (Å²) in [5.41, 5.74) is 0.957. The molecule has 22 heavy (non-hydrogen) atoms. The summed E-state index contributed by atoms with van der Waals surface area (Å²) in [5.74, 6) is 0.657. The summed E-state index contributed by atoms with van der Waals surface area (Å²) in [6.45, 7) is 8.61. The third kappa shape index (κ3) is 3.53. The zero-order valence-corrected chi connectivity index (χ0v) is 16.0. The molecule has 3 rings (SSSR count). The predicted molar refractivity (Wildman–Crippen MR) is 102 cm³/mol. The van der Waals surface area contributed by atoms with E-state index in [0.29, 0.717) is 11.2 Å². The molecule has 1 saturated heterocycles. The Kier molecular flexibility index (Phi) is 4.90. The van der Waals surface area contributed by atoms with E-state index in [1.54, 1.807) is 0 Å². The summed E-state index contributed by atoms with van der Waals surface area (Å²) in [6.07, 6.45) is 5.59. The molecule has 0 radical (unpaired) electrons. The number of hydrogen-bond donors (Lipinski definition) is 0. The molecule has 2 fully saturated rings. The maximum Gasteiger partial charge on any atom is 0.121 e. The molecule has 1 saturated carbocycles. The van der Waals surface area contributed by atoms with Crippen molar-refractivity contribution < 1.29 is 4.52 Å². The molecule has 0 aromatic heterocycles. The van der Waals surface area contributed by atoms with Crippen LogP contribution in [0.1, 0.15) is 38.7 Å². The van der Waals surface area contributed by atoms with Gasteiger partial charge in [0.05, 0.1) is 5.60 Å². The van der Waals surface area contributed by atoms with Crippen molar-refractivity contribution in [1.82, 2.24) is 0 Å². The molecule has 0 unspecified atom stereocenters. The van der Waals surface area contributed by atoms with Gasteiger partial charge < -0.3 is 4.52 Å². The van der Waals surface area contributed by atoms with E-state index in [1.807, 2.05) is 11.4 Å². The second-order valence-electron chi connectivity index (χ2n) is 6.89. The fourth-order valence-electron chi connectivity index (χ4n) is 3.50. The molecule has 0 N–H and O–H groups in total. The highest BCUT2D eigenvalue weighted by Gasteiger charge is 2.51. The fourth-order valence-corrected chi connectivity index (χ4v) is 11.3. The maximum absolute atomic E-state index is 6.55. The lowest BCUT2D eigenvalue weighted by Gasteiger charge is -2.38. The normalized spacial score (nSPS) is 37.7. The molecule has 0 bridgehead atoms. The van der Waals surface area contributed by atoms with Gasteiger partial charge in [-0.05, 0) is 51.0 Å². The minimum absolute atomic E-state index is 0.00281. The van der Waals surface area contributed by atoms with Crippen molar-refractivity contribution >= 4 is 28.7 Å². The molecule has 1 nitrogen and oxygen atoms in total. The molecular weight excluding hydrogens is 327 g/mol. The SMILES string of the molecule is C=C(C)[C@H]1CC[C@@]2(C)O[P@@](=S)(CCc3ccccc3)S[C@@H]2C1. The number of allylic oxidation sites excluding steroid dienone is 1. The molecule has 4 heteroatoms. The smallest absolute Gasteiger partial charge is 0.121 e. The molecular formula is C18H25OPS2. The van der Waals surface area contributed by atoms with Gasteiger partial charge in [-0.2, -0.15) is 0 Å². The van der Waals surface area contributed by atoms with Gasteiger partial charge in [0.15, 0.2) is 0 Å². The minimum atomic E-state index is -1.74. The first-order valence-electron chi connectivity index (χ1n) is 8.08. The first-order valence-corrected chi connectivity index (χ1v) is 12.5. The summed E-state index contributed by atoms with van der Waals surface area (Å²) in [6, 6.07) is 10.6. The van der Waals surface area contributed by atoms with E-state index in [2.05, 4.69) is 50.8 Å². The van der Waals surface area contributed by atoms with Crippen LogP contribution in [-0.2, 0) is 22.8 Å². The van der Waals surface area contributed by atoms with Crippen molar-refractivity contribution in [2.75, 3.05) is 6.16 Å². The summed E-state index contributed by atoms with van der Waals surface area (Å²) < 4.78 is 6.55. The second-order valence-corrected chi connectivity index (χ2v) is 14.4. The number of aryl methyl sites for hydroxylation is 1. The average Bonchev–Trinajstić information content (AvgIpc) is 2.76. The maximum atomic E-state index is 6.55. The van der Waals surface area contributed by atoms with Crippen LogP contribution in [0, 0.1) is 5.92 Å². The molecule has 1 heterocycles. The minimum Gasteiger partial charge on any atom is -0.334 e. The van der Waals surface area contributed by atoms with Gasteiger partial charge in [-0.15, -0.1) is 0 Å². The van der Waals surface area contributed by atoms with Crippen molar-refractivity contribution in [1.29, 1.82) is 0 Å². The Balaban J connectivity index is 1.67. The molecule has 0 amide bonds. The Morgan fingerprint density at radius 1 is 1.45 bits per heavy atom. The number of benzene rings is 1. The lowest BCUT2D eigenvalue weighted by atomic mass is 9.77. The standard InChI is InChI=1S/C18H25OPS2/c1-14(2)16-9-11-18(3)17(13-16)22-20(21,19-18)12-10-15-7-5-4-6-8-15/h4-8,16-17H,1,9-13H2,2-3H3/t16-,17+,18+,20+/m0/s1. The molecule has 1 aromatic carbocycles. The Labute approximate surface area is 143 Å². The summed E-state index contributed by atoms with van der Waals surface area (Å²) >= 11 is 7.98. The highest BCUT2D eigenvalue weighted by molar-refractivity contribution is 8.70. The van der Waals surface area contributed by atoms with Crippen molar-refractivity contribution in [3.8, 4) is 0 Å². The quantitative estimate of drug-likeness (QED) is 0.500. The van der Waals surface area contributed by atoms with Gasteiger partial charge in [-0.25, -0.2) is 0 Å². The number of rotatable bonds is 4. The van der Waals surface area contributed by atoms with Crippen molar-refractivity contribution in [3.63, 3.8) is 0 Å². The van der Waals surface area contributed by atoms with E-state index >= 15 is 0 Å². The highest BCUT2D eigenvalue weighted by Crippen LogP contribution is 2.74. The molecule has 1 aliphatic heterocycles. The molecule has 0 spiro atoms. The predicted octanol–water partition coefficient (Wildman–Crippen LogP) is 5.81. The zero-order valence-electron chi connectivity index (χ0n) is 13.5. The van der Waals surface area contributed by atoms with Crippen LogP contribution in [0.5, 0.6) is 0 Å². The van der Waals surface area contributed by atoms with E-state index < -0.39 is 5.47 Å². The Bertz CT molecular complexity index is 600. The van der Waals surface area contributed by atoms with Crippen LogP contribution in [0.15, 0.2) is 42.5 Å². The fraction of sp³-hybridized carbons (Fsp3) is 0.556. The van der Waals surface area contributed by atoms with Crippen LogP contribution in [0.25, 0.3) is 0 Å². The van der Waals surface area contributed by atoms with Crippen LogP contribution in [-0.4, -0.2) is 17.0 Å². The monoisotopic (exact) mass is 352 g/mol. The highest BCUT2D eigenvalue weighted by atomic mass is 32.9. The summed E-state index contributed by atoms with van der Waals surface area (Å²) in [4.78, 5) is 0. The first-order chi connectivity index (χ1) is 10.4. The van der Waals surface area contributed by atoms with E-state index in [1.165, 1.54) is 24.0 Å². The third-order valence-corrected chi connectivity index (χ3v) is 11.8. The molecule has 120 valence electrons. The van der Waals surface area contributed by atoms with E-state index in [0.717, 1.165) is 19.0 Å². The Morgan fingerprint density at radius 3 is 2.86 bits per heavy atom. The van der Waals surface area contributed by atoms with Gasteiger partial charge in [0.1, 0.15) is 5.47 Å². The van der Waals surface area contributed by atoms with Crippen molar-refractivity contribution in [3.05, 3.63) is 48.0 Å². The van der Waals surface area contributed by atoms with Gasteiger partial charge in [-0.1, -0.05) is 65.7 Å². The molecule has 1 aromatic rings. The van der Waals surface area contributed by atoms with E-state index in [-0.39, 0.29) is 5.60 Å². The third-order valence-electron chi connectivity index (χ3n) is 5.02. The van der Waals surface area contributed by atoms with Gasteiger partial charge in [-0.3, -0.25) is 0 Å². The summed E-state index contributed by atoms with van der Waals surface area (Å²) in [5, 5.41) is 0.560. The molecule has 1 aliphatic carbocycles. The molecule has 2 aliphatic rings. The lowest BCUT2D eigenvalue weighted by Crippen LogP contribution is -2.40. The van der Waals surface area contributed by atoms with Crippen molar-refractivity contribution in [2.45, 2.75) is 50.4 Å². The van der Waals surface area contributed by atoms with Gasteiger partial charge in [0, 0.05) is 11.4 Å². The lowest BCUT2D eigenvalue weighted by molar-refractivity contribution is 0.0671. The molecule has 4 atom stereocenters. The number of hydrogen-bond acceptors (Lipinski definition) is 3. The van der Waals surface area contributed by atoms with Gasteiger partial charge in [0.2, 0.25) is 0 Å². The topological polar surface area (TPSA) is 9.23 Å². The van der Waals surface area contributed by atoms with Crippen LogP contribution in [0.3, 0.4) is 0 Å². The van der Waals surface area contributed by atoms with E-state index in [4.69, 9.17) is 16.3 Å². The average molecular weight is 353 g/mol. The van der Waals surface area contributed by atoms with Crippen LogP contribution in [0.4, 0.5) is 0 Å².